The van der Waals surface area contributed by atoms with E-state index in [0.717, 1.165) is 5.56 Å². The molecule has 0 saturated carbocycles. The highest BCUT2D eigenvalue weighted by atomic mass is 19.1. The van der Waals surface area contributed by atoms with Crippen LogP contribution in [0.25, 0.3) is 28.0 Å². The molecular weight excluding hydrogens is 561 g/mol. The summed E-state index contributed by atoms with van der Waals surface area (Å²) in [5.41, 5.74) is 2.02. The minimum absolute atomic E-state index is 0.0447. The van der Waals surface area contributed by atoms with E-state index in [9.17, 15) is 14.4 Å². The van der Waals surface area contributed by atoms with Crippen molar-refractivity contribution in [1.82, 2.24) is 29.7 Å². The molecule has 0 aliphatic carbocycles. The van der Waals surface area contributed by atoms with Gasteiger partial charge in [-0.1, -0.05) is 38.6 Å². The molecule has 11 heteroatoms. The van der Waals surface area contributed by atoms with Gasteiger partial charge in [0.2, 0.25) is 5.91 Å². The highest BCUT2D eigenvalue weighted by molar-refractivity contribution is 6.01. The molecule has 1 aliphatic rings. The molecule has 5 rings (SSSR count). The van der Waals surface area contributed by atoms with Gasteiger partial charge < -0.3 is 15.1 Å². The first-order chi connectivity index (χ1) is 21.0. The number of pyridine rings is 2. The summed E-state index contributed by atoms with van der Waals surface area (Å²) in [6.07, 6.45) is 2.97. The molecule has 2 amide bonds. The van der Waals surface area contributed by atoms with Gasteiger partial charge in [-0.3, -0.25) is 14.6 Å². The number of nitrogens with zero attached hydrogens (tertiary/aromatic N) is 6. The molecule has 228 valence electrons. The topological polar surface area (TPSA) is 113 Å². The van der Waals surface area contributed by atoms with Crippen LogP contribution in [-0.2, 0) is 4.79 Å². The van der Waals surface area contributed by atoms with Crippen molar-refractivity contribution in [3.63, 3.8) is 0 Å². The third-order valence-electron chi connectivity index (χ3n) is 8.10. The summed E-state index contributed by atoms with van der Waals surface area (Å²) >= 11 is 0. The number of aryl methyl sites for hydroxylation is 1. The molecule has 10 nitrogen and oxygen atoms in total. The second-order valence-corrected chi connectivity index (χ2v) is 11.4. The number of benzene rings is 1. The predicted molar refractivity (Wildman–Crippen MR) is 169 cm³/mol. The highest BCUT2D eigenvalue weighted by Crippen LogP contribution is 2.34. The highest BCUT2D eigenvalue weighted by Gasteiger charge is 2.34. The molecule has 1 saturated heterocycles. The van der Waals surface area contributed by atoms with Gasteiger partial charge in [0.05, 0.1) is 16.8 Å². The van der Waals surface area contributed by atoms with E-state index >= 15 is 4.39 Å². The van der Waals surface area contributed by atoms with Gasteiger partial charge in [0.15, 0.2) is 5.65 Å². The molecule has 0 spiro atoms. The quantitative estimate of drug-likeness (QED) is 0.328. The zero-order valence-electron chi connectivity index (χ0n) is 25.8. The van der Waals surface area contributed by atoms with E-state index in [4.69, 9.17) is 4.98 Å². The molecule has 4 heterocycles. The fourth-order valence-electron chi connectivity index (χ4n) is 5.87. The number of hydrogen-bond donors (Lipinski definition) is 1. The minimum Gasteiger partial charge on any atom is -0.355 e. The molecule has 44 heavy (non-hydrogen) atoms. The van der Waals surface area contributed by atoms with Crippen molar-refractivity contribution in [3.05, 3.63) is 88.4 Å². The maximum atomic E-state index is 16.2. The minimum atomic E-state index is -0.671. The van der Waals surface area contributed by atoms with Gasteiger partial charge in [-0.25, -0.2) is 18.7 Å². The Balaban J connectivity index is 1.84. The lowest BCUT2D eigenvalue weighted by Crippen LogP contribution is -2.58. The zero-order valence-corrected chi connectivity index (χ0v) is 25.8. The Bertz CT molecular complexity index is 1850. The van der Waals surface area contributed by atoms with Gasteiger partial charge in [0, 0.05) is 49.5 Å². The fourth-order valence-corrected chi connectivity index (χ4v) is 5.87. The van der Waals surface area contributed by atoms with Crippen molar-refractivity contribution in [2.24, 2.45) is 0 Å². The average molecular weight is 598 g/mol. The number of nitrogens with one attached hydrogen (secondary N) is 1. The van der Waals surface area contributed by atoms with Crippen molar-refractivity contribution in [2.75, 3.05) is 25.0 Å². The van der Waals surface area contributed by atoms with Crippen LogP contribution in [0.5, 0.6) is 0 Å². The summed E-state index contributed by atoms with van der Waals surface area (Å²) in [4.78, 5) is 56.9. The maximum Gasteiger partial charge on any atom is 0.355 e. The number of carbonyl (C=O) groups is 2. The Hall–Kier alpha value is -4.93. The van der Waals surface area contributed by atoms with Crippen LogP contribution in [-0.4, -0.2) is 68.5 Å². The lowest BCUT2D eigenvalue weighted by atomic mass is 10.0. The number of amides is 2. The van der Waals surface area contributed by atoms with Crippen molar-refractivity contribution in [3.8, 4) is 16.9 Å². The summed E-state index contributed by atoms with van der Waals surface area (Å²) < 4.78 is 17.6. The molecule has 0 unspecified atom stereocenters. The monoisotopic (exact) mass is 597 g/mol. The van der Waals surface area contributed by atoms with Crippen molar-refractivity contribution < 1.29 is 14.0 Å². The summed E-state index contributed by atoms with van der Waals surface area (Å²) in [6, 6.07) is 9.28. The Labute approximate surface area is 255 Å². The average Bonchev–Trinajstić information content (AvgIpc) is 3.01. The van der Waals surface area contributed by atoms with Crippen LogP contribution >= 0.6 is 0 Å². The van der Waals surface area contributed by atoms with Crippen molar-refractivity contribution in [1.29, 1.82) is 0 Å². The Morgan fingerprint density at radius 1 is 1.11 bits per heavy atom. The molecule has 1 aliphatic heterocycles. The smallest absolute Gasteiger partial charge is 0.355 e. The summed E-state index contributed by atoms with van der Waals surface area (Å²) in [5.74, 6) is -1.02. The molecule has 3 aromatic heterocycles. The fraction of sp³-hybridized carbons (Fsp3) is 0.333. The Morgan fingerprint density at radius 2 is 1.84 bits per heavy atom. The molecule has 4 aromatic rings. The molecule has 2 atom stereocenters. The van der Waals surface area contributed by atoms with E-state index in [2.05, 4.69) is 21.9 Å². The third kappa shape index (κ3) is 5.23. The van der Waals surface area contributed by atoms with E-state index in [1.54, 1.807) is 41.4 Å². The van der Waals surface area contributed by atoms with Crippen LogP contribution in [0.15, 0.2) is 60.0 Å². The van der Waals surface area contributed by atoms with Crippen LogP contribution in [0.3, 0.4) is 0 Å². The van der Waals surface area contributed by atoms with E-state index < -0.39 is 17.4 Å². The first-order valence-corrected chi connectivity index (χ1v) is 14.6. The molecule has 1 N–H and O–H groups in total. The lowest BCUT2D eigenvalue weighted by Gasteiger charge is -2.44. The van der Waals surface area contributed by atoms with Crippen LogP contribution in [0.4, 0.5) is 10.2 Å². The van der Waals surface area contributed by atoms with Gasteiger partial charge in [-0.05, 0) is 56.5 Å². The SMILES string of the molecule is C=CC(=O)N1C[C@H](C)N(c2nc(=O)n(-c3c(C)ccnc3C(C)C)c3nc(-c4ccccc4C(=O)NC)c(F)cc23)C[C@H]1C. The Kier molecular flexibility index (Phi) is 8.31. The molecular formula is C33H36FN7O3. The number of anilines is 1. The summed E-state index contributed by atoms with van der Waals surface area (Å²) in [7, 11) is 1.50. The van der Waals surface area contributed by atoms with Crippen LogP contribution < -0.4 is 15.9 Å². The predicted octanol–water partition coefficient (Wildman–Crippen LogP) is 4.38. The molecule has 1 aromatic carbocycles. The van der Waals surface area contributed by atoms with Crippen molar-refractivity contribution in [2.45, 2.75) is 52.6 Å². The van der Waals surface area contributed by atoms with E-state index in [0.29, 0.717) is 29.9 Å². The molecule has 1 fully saturated rings. The molecule has 0 bridgehead atoms. The number of fused-ring (bicyclic) bond motifs is 1. The van der Waals surface area contributed by atoms with E-state index in [1.165, 1.54) is 23.8 Å². The van der Waals surface area contributed by atoms with Gasteiger partial charge in [-0.2, -0.15) is 4.98 Å². The Morgan fingerprint density at radius 3 is 2.52 bits per heavy atom. The second kappa shape index (κ2) is 12.0. The van der Waals surface area contributed by atoms with Crippen LogP contribution in [0.1, 0.15) is 55.2 Å². The van der Waals surface area contributed by atoms with Crippen molar-refractivity contribution >= 4 is 28.7 Å². The zero-order chi connectivity index (χ0) is 31.9. The normalized spacial score (nSPS) is 16.8. The summed E-state index contributed by atoms with van der Waals surface area (Å²) in [5, 5.41) is 2.92. The summed E-state index contributed by atoms with van der Waals surface area (Å²) in [6.45, 7) is 14.0. The number of carbonyl (C=O) groups excluding carboxylic acids is 2. The maximum absolute atomic E-state index is 16.2. The second-order valence-electron chi connectivity index (χ2n) is 11.4. The van der Waals surface area contributed by atoms with Gasteiger partial charge in [0.25, 0.3) is 5.91 Å². The first kappa shape index (κ1) is 30.5. The van der Waals surface area contributed by atoms with E-state index in [-0.39, 0.29) is 52.2 Å². The number of piperazine rings is 1. The molecule has 0 radical (unpaired) electrons. The number of rotatable bonds is 6. The first-order valence-electron chi connectivity index (χ1n) is 14.6. The van der Waals surface area contributed by atoms with Crippen LogP contribution in [0.2, 0.25) is 0 Å². The van der Waals surface area contributed by atoms with Gasteiger partial charge >= 0.3 is 5.69 Å². The van der Waals surface area contributed by atoms with Gasteiger partial charge in [-0.15, -0.1) is 0 Å². The van der Waals surface area contributed by atoms with Crippen LogP contribution in [0, 0.1) is 12.7 Å². The van der Waals surface area contributed by atoms with Gasteiger partial charge in [0.1, 0.15) is 17.3 Å². The number of hydrogen-bond acceptors (Lipinski definition) is 7. The third-order valence-corrected chi connectivity index (χ3v) is 8.10. The standard InChI is InChI=1S/C33H36FN7O3/c1-8-26(42)39-16-21(6)40(17-20(39)5)30-24-15-25(34)28(22-11-9-10-12-23(22)32(43)35-7)37-31(24)41(33(44)38-30)29-19(4)13-14-36-27(29)18(2)3/h8-15,18,20-21H,1,16-17H2,2-7H3,(H,35,43)/t20-,21+/m1/s1. The lowest BCUT2D eigenvalue weighted by molar-refractivity contribution is -0.128. The number of halogens is 1. The van der Waals surface area contributed by atoms with E-state index in [1.807, 2.05) is 39.5 Å². The number of aromatic nitrogens is 4. The largest absolute Gasteiger partial charge is 0.355 e.